The SMILES string of the molecule is CC(C)C(C)OC(=O)Oc1ccc(C[C@H](N)C(=O)O[C@@H](C)[C@H](C)OC(=O)OC(C)(C)C)cc1OC(=O)OC(C)C(C)C. The maximum absolute atomic E-state index is 12.7. The molecule has 0 aliphatic carbocycles. The average Bonchev–Trinajstić information content (AvgIpc) is 2.83. The first kappa shape index (κ1) is 36.5. The Balaban J connectivity index is 3.00. The van der Waals surface area contributed by atoms with E-state index in [1.165, 1.54) is 12.1 Å². The summed E-state index contributed by atoms with van der Waals surface area (Å²) in [6.45, 7) is 19.2. The van der Waals surface area contributed by atoms with Crippen LogP contribution in [0.15, 0.2) is 18.2 Å². The highest BCUT2D eigenvalue weighted by Crippen LogP contribution is 2.30. The molecule has 0 bridgehead atoms. The molecule has 0 saturated carbocycles. The molecule has 12 heteroatoms. The molecular weight excluding hydrogens is 550 g/mol. The number of nitrogens with two attached hydrogens (primary N) is 1. The number of benzene rings is 1. The van der Waals surface area contributed by atoms with E-state index in [-0.39, 0.29) is 29.8 Å². The van der Waals surface area contributed by atoms with Gasteiger partial charge in [-0.2, -0.15) is 0 Å². The van der Waals surface area contributed by atoms with Gasteiger partial charge >= 0.3 is 24.4 Å². The van der Waals surface area contributed by atoms with Crippen LogP contribution in [0.5, 0.6) is 11.5 Å². The summed E-state index contributed by atoms with van der Waals surface area (Å²) in [5.74, 6) is -0.876. The summed E-state index contributed by atoms with van der Waals surface area (Å²) >= 11 is 0. The highest BCUT2D eigenvalue weighted by atomic mass is 16.8. The van der Waals surface area contributed by atoms with E-state index in [2.05, 4.69) is 0 Å². The lowest BCUT2D eigenvalue weighted by Gasteiger charge is -2.24. The zero-order chi connectivity index (χ0) is 32.4. The molecule has 2 N–H and O–H groups in total. The van der Waals surface area contributed by atoms with E-state index in [1.54, 1.807) is 54.5 Å². The molecule has 0 radical (unpaired) electrons. The van der Waals surface area contributed by atoms with Crippen molar-refractivity contribution in [3.63, 3.8) is 0 Å². The minimum atomic E-state index is -1.12. The third kappa shape index (κ3) is 13.4. The van der Waals surface area contributed by atoms with E-state index >= 15 is 0 Å². The molecule has 0 fully saturated rings. The number of hydrogen-bond acceptors (Lipinski definition) is 12. The molecule has 0 saturated heterocycles. The average molecular weight is 598 g/mol. The molecule has 0 heterocycles. The fourth-order valence-electron chi connectivity index (χ4n) is 2.87. The molecule has 0 amide bonds. The lowest BCUT2D eigenvalue weighted by Crippen LogP contribution is -2.40. The lowest BCUT2D eigenvalue weighted by atomic mass is 10.1. The van der Waals surface area contributed by atoms with E-state index in [0.717, 1.165) is 0 Å². The predicted molar refractivity (Wildman–Crippen MR) is 153 cm³/mol. The van der Waals surface area contributed by atoms with Gasteiger partial charge in [-0.05, 0) is 84.4 Å². The largest absolute Gasteiger partial charge is 0.514 e. The zero-order valence-corrected chi connectivity index (χ0v) is 26.5. The van der Waals surface area contributed by atoms with Crippen molar-refractivity contribution < 1.29 is 52.3 Å². The first-order valence-corrected chi connectivity index (χ1v) is 14.0. The number of esters is 1. The van der Waals surface area contributed by atoms with Crippen LogP contribution in [0, 0.1) is 11.8 Å². The molecule has 0 aliphatic rings. The minimum Gasteiger partial charge on any atom is -0.458 e. The van der Waals surface area contributed by atoms with Crippen LogP contribution < -0.4 is 15.2 Å². The number of rotatable bonds is 12. The summed E-state index contributed by atoms with van der Waals surface area (Å²) in [5.41, 5.74) is 5.83. The van der Waals surface area contributed by atoms with E-state index in [1.807, 2.05) is 27.7 Å². The van der Waals surface area contributed by atoms with Gasteiger partial charge in [0.1, 0.15) is 36.1 Å². The molecule has 2 unspecified atom stereocenters. The Morgan fingerprint density at radius 2 is 1.12 bits per heavy atom. The Morgan fingerprint density at radius 1 is 0.667 bits per heavy atom. The Kier molecular flexibility index (Phi) is 14.1. The van der Waals surface area contributed by atoms with Crippen molar-refractivity contribution in [2.75, 3.05) is 0 Å². The van der Waals surface area contributed by atoms with E-state index in [9.17, 15) is 19.2 Å². The molecule has 0 spiro atoms. The molecule has 42 heavy (non-hydrogen) atoms. The third-order valence-electron chi connectivity index (χ3n) is 6.23. The fourth-order valence-corrected chi connectivity index (χ4v) is 2.87. The number of carbonyl (C=O) groups is 4. The van der Waals surface area contributed by atoms with Crippen molar-refractivity contribution in [3.8, 4) is 11.5 Å². The number of ether oxygens (including phenoxy) is 7. The van der Waals surface area contributed by atoms with Gasteiger partial charge in [0, 0.05) is 0 Å². The number of carbonyl (C=O) groups excluding carboxylic acids is 4. The minimum absolute atomic E-state index is 0.0181. The summed E-state index contributed by atoms with van der Waals surface area (Å²) in [5, 5.41) is 0. The number of hydrogen-bond donors (Lipinski definition) is 1. The lowest BCUT2D eigenvalue weighted by molar-refractivity contribution is -0.156. The van der Waals surface area contributed by atoms with Gasteiger partial charge in [-0.3, -0.25) is 4.79 Å². The van der Waals surface area contributed by atoms with Crippen molar-refractivity contribution >= 4 is 24.4 Å². The van der Waals surface area contributed by atoms with Crippen LogP contribution in [0.4, 0.5) is 14.4 Å². The maximum atomic E-state index is 12.7. The van der Waals surface area contributed by atoms with Crippen LogP contribution in [0.1, 0.15) is 81.7 Å². The van der Waals surface area contributed by atoms with Gasteiger partial charge in [-0.1, -0.05) is 33.8 Å². The van der Waals surface area contributed by atoms with Gasteiger partial charge < -0.3 is 38.9 Å². The molecule has 1 aromatic carbocycles. The van der Waals surface area contributed by atoms with Crippen LogP contribution >= 0.6 is 0 Å². The van der Waals surface area contributed by atoms with E-state index < -0.39 is 60.5 Å². The molecule has 0 aromatic heterocycles. The van der Waals surface area contributed by atoms with Crippen molar-refractivity contribution in [2.45, 2.75) is 119 Å². The smallest absolute Gasteiger partial charge is 0.458 e. The van der Waals surface area contributed by atoms with Crippen LogP contribution in [0.25, 0.3) is 0 Å². The third-order valence-corrected chi connectivity index (χ3v) is 6.23. The predicted octanol–water partition coefficient (Wildman–Crippen LogP) is 5.95. The fraction of sp³-hybridized carbons (Fsp3) is 0.667. The second kappa shape index (κ2) is 16.2. The van der Waals surface area contributed by atoms with Crippen molar-refractivity contribution in [1.82, 2.24) is 0 Å². The van der Waals surface area contributed by atoms with Crippen molar-refractivity contribution in [2.24, 2.45) is 17.6 Å². The Morgan fingerprint density at radius 3 is 1.60 bits per heavy atom. The van der Waals surface area contributed by atoms with Gasteiger partial charge in [0.15, 0.2) is 11.5 Å². The zero-order valence-electron chi connectivity index (χ0n) is 26.5. The van der Waals surface area contributed by atoms with Crippen molar-refractivity contribution in [1.29, 1.82) is 0 Å². The molecule has 1 aromatic rings. The maximum Gasteiger partial charge on any atom is 0.514 e. The van der Waals surface area contributed by atoms with Crippen LogP contribution in [0.3, 0.4) is 0 Å². The van der Waals surface area contributed by atoms with E-state index in [0.29, 0.717) is 5.56 Å². The first-order chi connectivity index (χ1) is 19.3. The topological polar surface area (TPSA) is 159 Å². The summed E-state index contributed by atoms with van der Waals surface area (Å²) in [6.07, 6.45) is -5.35. The molecule has 5 atom stereocenters. The standard InChI is InChI=1S/C30H47NO11/c1-16(2)18(5)37-27(33)40-24-13-12-22(15-25(24)41-28(34)38-19(6)17(3)4)14-23(31)26(32)36-20(7)21(8)39-29(35)42-30(9,10)11/h12-13,15-21,23H,14,31H2,1-11H3/t18?,19?,20-,21-,23-/m0/s1. The molecule has 0 aliphatic heterocycles. The summed E-state index contributed by atoms with van der Waals surface area (Å²) in [6, 6.07) is 3.22. The Bertz CT molecular complexity index is 1060. The summed E-state index contributed by atoms with van der Waals surface area (Å²) in [7, 11) is 0. The van der Waals surface area contributed by atoms with Crippen molar-refractivity contribution in [3.05, 3.63) is 23.8 Å². The second-order valence-electron chi connectivity index (χ2n) is 11.9. The molecule has 1 rings (SSSR count). The summed E-state index contributed by atoms with van der Waals surface area (Å²) < 4.78 is 36.8. The van der Waals surface area contributed by atoms with Crippen LogP contribution in [-0.2, 0) is 34.9 Å². The highest BCUT2D eigenvalue weighted by Gasteiger charge is 2.27. The normalized spacial score (nSPS) is 15.1. The second-order valence-corrected chi connectivity index (χ2v) is 11.9. The van der Waals surface area contributed by atoms with Gasteiger partial charge in [0.05, 0.1) is 0 Å². The quantitative estimate of drug-likeness (QED) is 0.172. The van der Waals surface area contributed by atoms with Crippen LogP contribution in [-0.4, -0.2) is 60.5 Å². The molecule has 12 nitrogen and oxygen atoms in total. The van der Waals surface area contributed by atoms with Gasteiger partial charge in [-0.25, -0.2) is 14.4 Å². The van der Waals surface area contributed by atoms with Gasteiger partial charge in [-0.15, -0.1) is 0 Å². The molecule has 238 valence electrons. The Labute approximate surface area is 248 Å². The van der Waals surface area contributed by atoms with Crippen LogP contribution in [0.2, 0.25) is 0 Å². The van der Waals surface area contributed by atoms with Gasteiger partial charge in [0.25, 0.3) is 0 Å². The first-order valence-electron chi connectivity index (χ1n) is 14.0. The Hall–Kier alpha value is -3.54. The van der Waals surface area contributed by atoms with E-state index in [4.69, 9.17) is 38.9 Å². The highest BCUT2D eigenvalue weighted by molar-refractivity contribution is 5.76. The monoisotopic (exact) mass is 597 g/mol. The molecular formula is C30H47NO11. The van der Waals surface area contributed by atoms with Gasteiger partial charge in [0.2, 0.25) is 0 Å². The summed E-state index contributed by atoms with van der Waals surface area (Å²) in [4.78, 5) is 49.4.